The highest BCUT2D eigenvalue weighted by Crippen LogP contribution is 2.57. The van der Waals surface area contributed by atoms with E-state index in [2.05, 4.69) is 6.92 Å². The SMILES string of the molecule is CC1C(C=O)=CC(=O)C2C(C)(C=O)CCCC12C. The summed E-state index contributed by atoms with van der Waals surface area (Å²) >= 11 is 0. The molecule has 0 heterocycles. The molecule has 1 saturated carbocycles. The Morgan fingerprint density at radius 2 is 1.94 bits per heavy atom. The summed E-state index contributed by atoms with van der Waals surface area (Å²) in [6.07, 6.45) is 5.79. The van der Waals surface area contributed by atoms with E-state index in [1.807, 2.05) is 13.8 Å². The van der Waals surface area contributed by atoms with Crippen LogP contribution >= 0.6 is 0 Å². The Morgan fingerprint density at radius 3 is 2.50 bits per heavy atom. The van der Waals surface area contributed by atoms with Gasteiger partial charge < -0.3 is 4.79 Å². The lowest BCUT2D eigenvalue weighted by atomic mass is 9.48. The number of fused-ring (bicyclic) bond motifs is 1. The van der Waals surface area contributed by atoms with Crippen molar-refractivity contribution in [1.29, 1.82) is 0 Å². The number of ketones is 1. The summed E-state index contributed by atoms with van der Waals surface area (Å²) in [4.78, 5) is 34.8. The fourth-order valence-electron chi connectivity index (χ4n) is 4.02. The molecule has 0 aromatic rings. The maximum Gasteiger partial charge on any atom is 0.160 e. The Kier molecular flexibility index (Phi) is 3.04. The number of carbonyl (C=O) groups is 3. The Balaban J connectivity index is 2.56. The molecule has 1 fully saturated rings. The molecule has 98 valence electrons. The van der Waals surface area contributed by atoms with E-state index >= 15 is 0 Å². The van der Waals surface area contributed by atoms with Crippen molar-refractivity contribution in [3.63, 3.8) is 0 Å². The van der Waals surface area contributed by atoms with Gasteiger partial charge in [-0.15, -0.1) is 0 Å². The first-order valence-corrected chi connectivity index (χ1v) is 6.56. The maximum absolute atomic E-state index is 12.3. The minimum atomic E-state index is -0.580. The van der Waals surface area contributed by atoms with Crippen molar-refractivity contribution in [2.45, 2.75) is 40.0 Å². The smallest absolute Gasteiger partial charge is 0.160 e. The van der Waals surface area contributed by atoms with Crippen LogP contribution in [0.25, 0.3) is 0 Å². The fourth-order valence-corrected chi connectivity index (χ4v) is 4.02. The van der Waals surface area contributed by atoms with Gasteiger partial charge in [-0.05, 0) is 35.8 Å². The van der Waals surface area contributed by atoms with E-state index in [1.165, 1.54) is 6.08 Å². The summed E-state index contributed by atoms with van der Waals surface area (Å²) in [5.41, 5.74) is -0.270. The summed E-state index contributed by atoms with van der Waals surface area (Å²) in [7, 11) is 0. The molecule has 0 saturated heterocycles. The van der Waals surface area contributed by atoms with Crippen LogP contribution in [0.15, 0.2) is 11.6 Å². The lowest BCUT2D eigenvalue weighted by Crippen LogP contribution is -2.53. The van der Waals surface area contributed by atoms with Gasteiger partial charge in [0.15, 0.2) is 5.78 Å². The highest BCUT2D eigenvalue weighted by molar-refractivity contribution is 6.01. The van der Waals surface area contributed by atoms with Gasteiger partial charge in [0.05, 0.1) is 0 Å². The molecule has 0 aliphatic heterocycles. The van der Waals surface area contributed by atoms with Gasteiger partial charge in [-0.2, -0.15) is 0 Å². The van der Waals surface area contributed by atoms with E-state index in [9.17, 15) is 14.4 Å². The van der Waals surface area contributed by atoms with Crippen LogP contribution in [0, 0.1) is 22.7 Å². The molecule has 0 aromatic heterocycles. The van der Waals surface area contributed by atoms with Gasteiger partial charge in [-0.1, -0.05) is 27.2 Å². The zero-order valence-corrected chi connectivity index (χ0v) is 11.2. The zero-order valence-electron chi connectivity index (χ0n) is 11.2. The molecular weight excluding hydrogens is 228 g/mol. The topological polar surface area (TPSA) is 51.2 Å². The number of aldehydes is 2. The van der Waals surface area contributed by atoms with Gasteiger partial charge in [-0.3, -0.25) is 9.59 Å². The second kappa shape index (κ2) is 4.15. The summed E-state index contributed by atoms with van der Waals surface area (Å²) in [6, 6.07) is 0. The Morgan fingerprint density at radius 1 is 1.28 bits per heavy atom. The molecular formula is C15H20O3. The molecule has 0 spiro atoms. The van der Waals surface area contributed by atoms with Crippen LogP contribution in [0.2, 0.25) is 0 Å². The third kappa shape index (κ3) is 1.60. The monoisotopic (exact) mass is 248 g/mol. The number of allylic oxidation sites excluding steroid dienone is 2. The Labute approximate surface area is 108 Å². The van der Waals surface area contributed by atoms with Crippen LogP contribution in [0.4, 0.5) is 0 Å². The van der Waals surface area contributed by atoms with Gasteiger partial charge >= 0.3 is 0 Å². The van der Waals surface area contributed by atoms with Crippen LogP contribution in [0.3, 0.4) is 0 Å². The molecule has 2 aliphatic rings. The number of carbonyl (C=O) groups excluding carboxylic acids is 3. The normalized spacial score (nSPS) is 43.9. The molecule has 4 atom stereocenters. The lowest BCUT2D eigenvalue weighted by Gasteiger charge is -2.53. The van der Waals surface area contributed by atoms with Crippen molar-refractivity contribution < 1.29 is 14.4 Å². The van der Waals surface area contributed by atoms with Crippen LogP contribution in [0.5, 0.6) is 0 Å². The summed E-state index contributed by atoms with van der Waals surface area (Å²) < 4.78 is 0. The standard InChI is InChI=1S/C15H20O3/c1-10-11(8-16)7-12(18)13-14(2,9-17)5-4-6-15(10,13)3/h7-10,13H,4-6H2,1-3H3. The molecule has 0 amide bonds. The predicted octanol–water partition coefficient (Wildman–Crippen LogP) is 2.34. The van der Waals surface area contributed by atoms with E-state index in [-0.39, 0.29) is 23.0 Å². The minimum absolute atomic E-state index is 0.0391. The van der Waals surface area contributed by atoms with E-state index in [4.69, 9.17) is 0 Å². The van der Waals surface area contributed by atoms with Crippen molar-refractivity contribution in [3.05, 3.63) is 11.6 Å². The molecule has 2 aliphatic carbocycles. The van der Waals surface area contributed by atoms with Gasteiger partial charge in [0.2, 0.25) is 0 Å². The minimum Gasteiger partial charge on any atom is -0.303 e. The molecule has 2 rings (SSSR count). The van der Waals surface area contributed by atoms with Gasteiger partial charge in [0, 0.05) is 11.3 Å². The maximum atomic E-state index is 12.3. The molecule has 3 nitrogen and oxygen atoms in total. The van der Waals surface area contributed by atoms with E-state index in [0.717, 1.165) is 31.8 Å². The quantitative estimate of drug-likeness (QED) is 0.705. The van der Waals surface area contributed by atoms with Crippen molar-refractivity contribution >= 4 is 18.4 Å². The third-order valence-corrected chi connectivity index (χ3v) is 5.24. The third-order valence-electron chi connectivity index (χ3n) is 5.24. The lowest BCUT2D eigenvalue weighted by molar-refractivity contribution is -0.144. The van der Waals surface area contributed by atoms with Crippen LogP contribution < -0.4 is 0 Å². The van der Waals surface area contributed by atoms with Crippen molar-refractivity contribution in [2.24, 2.45) is 22.7 Å². The highest BCUT2D eigenvalue weighted by atomic mass is 16.1. The summed E-state index contributed by atoms with van der Waals surface area (Å²) in [5, 5.41) is 0. The van der Waals surface area contributed by atoms with Crippen LogP contribution in [0.1, 0.15) is 40.0 Å². The molecule has 18 heavy (non-hydrogen) atoms. The van der Waals surface area contributed by atoms with Gasteiger partial charge in [-0.25, -0.2) is 0 Å². The van der Waals surface area contributed by atoms with Crippen molar-refractivity contribution in [1.82, 2.24) is 0 Å². The summed E-state index contributed by atoms with van der Waals surface area (Å²) in [5.74, 6) is -0.292. The highest BCUT2D eigenvalue weighted by Gasteiger charge is 2.56. The molecule has 0 radical (unpaired) electrons. The first kappa shape index (κ1) is 13.2. The Hall–Kier alpha value is -1.25. The molecule has 0 bridgehead atoms. The van der Waals surface area contributed by atoms with E-state index < -0.39 is 5.41 Å². The van der Waals surface area contributed by atoms with Crippen molar-refractivity contribution in [3.8, 4) is 0 Å². The second-order valence-electron chi connectivity index (χ2n) is 6.30. The second-order valence-corrected chi connectivity index (χ2v) is 6.30. The number of hydrogen-bond acceptors (Lipinski definition) is 3. The van der Waals surface area contributed by atoms with Crippen LogP contribution in [-0.2, 0) is 14.4 Å². The largest absolute Gasteiger partial charge is 0.303 e. The van der Waals surface area contributed by atoms with E-state index in [1.54, 1.807) is 0 Å². The molecule has 4 unspecified atom stereocenters. The summed E-state index contributed by atoms with van der Waals surface area (Å²) in [6.45, 7) is 5.93. The average Bonchev–Trinajstić information content (AvgIpc) is 2.33. The first-order valence-electron chi connectivity index (χ1n) is 6.56. The number of hydrogen-bond donors (Lipinski definition) is 0. The molecule has 0 N–H and O–H groups in total. The molecule has 3 heteroatoms. The zero-order chi connectivity index (χ0) is 13.6. The molecule has 0 aromatic carbocycles. The Bertz CT molecular complexity index is 437. The predicted molar refractivity (Wildman–Crippen MR) is 67.9 cm³/mol. The average molecular weight is 248 g/mol. The van der Waals surface area contributed by atoms with Crippen molar-refractivity contribution in [2.75, 3.05) is 0 Å². The van der Waals surface area contributed by atoms with Crippen LogP contribution in [-0.4, -0.2) is 18.4 Å². The van der Waals surface area contributed by atoms with Gasteiger partial charge in [0.25, 0.3) is 0 Å². The first-order chi connectivity index (χ1) is 8.39. The van der Waals surface area contributed by atoms with Gasteiger partial charge in [0.1, 0.15) is 12.6 Å². The van der Waals surface area contributed by atoms with E-state index in [0.29, 0.717) is 5.57 Å². The fraction of sp³-hybridized carbons (Fsp3) is 0.667. The number of rotatable bonds is 2.